The molecule has 0 fully saturated rings. The Bertz CT molecular complexity index is 533. The van der Waals surface area contributed by atoms with Crippen LogP contribution in [0.5, 0.6) is 0 Å². The van der Waals surface area contributed by atoms with Crippen LogP contribution in [0.3, 0.4) is 0 Å². The Morgan fingerprint density at radius 1 is 1.29 bits per heavy atom. The Kier molecular flexibility index (Phi) is 2.48. The van der Waals surface area contributed by atoms with Gasteiger partial charge in [-0.2, -0.15) is 0 Å². The first kappa shape index (κ1) is 10.8. The number of hydrogen-bond acceptors (Lipinski definition) is 2. The lowest BCUT2D eigenvalue weighted by Gasteiger charge is -2.37. The maximum Gasteiger partial charge on any atom is 0.156 e. The minimum absolute atomic E-state index is 0.300. The number of Topliss-reactive ketones (excluding diaryl/α,β-unsaturated/α-hetero) is 1. The third-order valence-corrected chi connectivity index (χ3v) is 3.81. The minimum atomic E-state index is 0.300. The summed E-state index contributed by atoms with van der Waals surface area (Å²) in [6.07, 6.45) is 2.66. The lowest BCUT2D eigenvalue weighted by atomic mass is 9.92. The number of carbonyl (C=O) groups excluding carboxylic acids is 1. The van der Waals surface area contributed by atoms with Crippen molar-refractivity contribution in [3.63, 3.8) is 0 Å². The Morgan fingerprint density at radius 3 is 2.94 bits per heavy atom. The molecule has 0 amide bonds. The highest BCUT2D eigenvalue weighted by molar-refractivity contribution is 6.30. The molecule has 0 saturated carbocycles. The summed E-state index contributed by atoms with van der Waals surface area (Å²) < 4.78 is 0. The molecule has 0 spiro atoms. The zero-order chi connectivity index (χ0) is 12.0. The number of nitrogens with zero attached hydrogens (tertiary/aromatic N) is 1. The van der Waals surface area contributed by atoms with Gasteiger partial charge in [-0.25, -0.2) is 0 Å². The second-order valence-electron chi connectivity index (χ2n) is 4.80. The largest absolute Gasteiger partial charge is 0.337 e. The Balaban J connectivity index is 2.12. The van der Waals surface area contributed by atoms with E-state index in [1.54, 1.807) is 0 Å². The first-order valence-corrected chi connectivity index (χ1v) is 6.29. The van der Waals surface area contributed by atoms with Gasteiger partial charge < -0.3 is 4.90 Å². The van der Waals surface area contributed by atoms with Gasteiger partial charge in [-0.3, -0.25) is 4.79 Å². The zero-order valence-corrected chi connectivity index (χ0v) is 10.5. The average Bonchev–Trinajstić information content (AvgIpc) is 2.27. The Labute approximate surface area is 106 Å². The summed E-state index contributed by atoms with van der Waals surface area (Å²) >= 11 is 6.01. The molecule has 0 atom stereocenters. The molecule has 3 heteroatoms. The van der Waals surface area contributed by atoms with Gasteiger partial charge in [0, 0.05) is 22.8 Å². The van der Waals surface area contributed by atoms with E-state index in [1.807, 2.05) is 18.2 Å². The van der Waals surface area contributed by atoms with Crippen molar-refractivity contribution in [1.82, 2.24) is 0 Å². The summed E-state index contributed by atoms with van der Waals surface area (Å²) in [4.78, 5) is 13.9. The van der Waals surface area contributed by atoms with E-state index < -0.39 is 0 Å². The van der Waals surface area contributed by atoms with Crippen LogP contribution in [0.4, 0.5) is 5.69 Å². The number of hydrogen-bond donors (Lipinski definition) is 0. The number of carbonyl (C=O) groups is 1. The van der Waals surface area contributed by atoms with E-state index in [4.69, 9.17) is 11.6 Å². The summed E-state index contributed by atoms with van der Waals surface area (Å²) in [5.74, 6) is 0.300. The third-order valence-electron chi connectivity index (χ3n) is 3.58. The lowest BCUT2D eigenvalue weighted by molar-refractivity contribution is -0.117. The minimum Gasteiger partial charge on any atom is -0.337 e. The number of ketones is 1. The molecule has 1 aromatic carbocycles. The van der Waals surface area contributed by atoms with E-state index in [-0.39, 0.29) is 0 Å². The maximum absolute atomic E-state index is 11.7. The fraction of sp³-hybridized carbons (Fsp3) is 0.357. The highest BCUT2D eigenvalue weighted by Crippen LogP contribution is 2.37. The molecule has 2 nitrogen and oxygen atoms in total. The van der Waals surface area contributed by atoms with Crippen molar-refractivity contribution in [2.45, 2.75) is 26.2 Å². The highest BCUT2D eigenvalue weighted by Gasteiger charge is 2.28. The van der Waals surface area contributed by atoms with Crippen molar-refractivity contribution in [1.29, 1.82) is 0 Å². The molecule has 0 saturated heterocycles. The monoisotopic (exact) mass is 247 g/mol. The molecule has 3 rings (SSSR count). The maximum atomic E-state index is 11.7. The molecular formula is C14H14ClNO. The number of anilines is 1. The normalized spacial score (nSPS) is 19.2. The zero-order valence-electron chi connectivity index (χ0n) is 9.79. The second kappa shape index (κ2) is 3.88. The van der Waals surface area contributed by atoms with Crippen molar-refractivity contribution in [2.75, 3.05) is 11.4 Å². The van der Waals surface area contributed by atoms with E-state index in [0.29, 0.717) is 18.7 Å². The van der Waals surface area contributed by atoms with Gasteiger partial charge >= 0.3 is 0 Å². The predicted octanol–water partition coefficient (Wildman–Crippen LogP) is 3.34. The van der Waals surface area contributed by atoms with Gasteiger partial charge in [0.2, 0.25) is 0 Å². The fourth-order valence-corrected chi connectivity index (χ4v) is 3.00. The molecule has 0 radical (unpaired) electrons. The number of rotatable bonds is 0. The van der Waals surface area contributed by atoms with Crippen LogP contribution < -0.4 is 4.90 Å². The van der Waals surface area contributed by atoms with Crippen LogP contribution in [0.15, 0.2) is 29.5 Å². The molecule has 88 valence electrons. The summed E-state index contributed by atoms with van der Waals surface area (Å²) in [5, 5.41) is 0.774. The third kappa shape index (κ3) is 1.77. The molecule has 0 aliphatic carbocycles. The van der Waals surface area contributed by atoms with Gasteiger partial charge in [0.25, 0.3) is 0 Å². The number of fused-ring (bicyclic) bond motifs is 3. The van der Waals surface area contributed by atoms with Crippen LogP contribution in [-0.2, 0) is 11.2 Å². The van der Waals surface area contributed by atoms with Crippen LogP contribution in [0.25, 0.3) is 0 Å². The van der Waals surface area contributed by atoms with Crippen LogP contribution in [0, 0.1) is 0 Å². The molecule has 0 bridgehead atoms. The standard InChI is InChI=1S/C14H14ClNO/c1-9-6-12(17)8-16-13(9)4-2-10-7-11(15)3-5-14(10)16/h3,5,7H,2,4,6,8H2,1H3. The number of aryl methyl sites for hydroxylation is 1. The molecule has 0 N–H and O–H groups in total. The van der Waals surface area contributed by atoms with E-state index in [2.05, 4.69) is 11.8 Å². The first-order valence-electron chi connectivity index (χ1n) is 5.91. The predicted molar refractivity (Wildman–Crippen MR) is 69.4 cm³/mol. The topological polar surface area (TPSA) is 20.3 Å². The van der Waals surface area contributed by atoms with Crippen molar-refractivity contribution in [3.8, 4) is 0 Å². The van der Waals surface area contributed by atoms with Gasteiger partial charge in [-0.05, 0) is 49.1 Å². The molecular weight excluding hydrogens is 234 g/mol. The molecule has 2 heterocycles. The van der Waals surface area contributed by atoms with Gasteiger partial charge in [0.05, 0.1) is 6.54 Å². The quantitative estimate of drug-likeness (QED) is 0.701. The van der Waals surface area contributed by atoms with Crippen LogP contribution >= 0.6 is 11.6 Å². The first-order chi connectivity index (χ1) is 8.15. The SMILES string of the molecule is CC1=C2CCc3cc(Cl)ccc3N2CC(=O)C1. The number of allylic oxidation sites excluding steroid dienone is 2. The van der Waals surface area contributed by atoms with Gasteiger partial charge in [0.1, 0.15) is 0 Å². The Morgan fingerprint density at radius 2 is 2.12 bits per heavy atom. The summed E-state index contributed by atoms with van der Waals surface area (Å²) in [5.41, 5.74) is 4.97. The van der Waals surface area contributed by atoms with Crippen LogP contribution in [0.2, 0.25) is 5.02 Å². The van der Waals surface area contributed by atoms with E-state index in [0.717, 1.165) is 23.6 Å². The van der Waals surface area contributed by atoms with Crippen molar-refractivity contribution >= 4 is 23.1 Å². The highest BCUT2D eigenvalue weighted by atomic mass is 35.5. The molecule has 2 aliphatic heterocycles. The second-order valence-corrected chi connectivity index (χ2v) is 5.24. The molecule has 1 aromatic rings. The summed E-state index contributed by atoms with van der Waals surface area (Å²) in [6.45, 7) is 2.58. The molecule has 17 heavy (non-hydrogen) atoms. The molecule has 0 aromatic heterocycles. The van der Waals surface area contributed by atoms with E-state index in [9.17, 15) is 4.79 Å². The summed E-state index contributed by atoms with van der Waals surface area (Å²) in [7, 11) is 0. The van der Waals surface area contributed by atoms with Gasteiger partial charge in [0.15, 0.2) is 5.78 Å². The fourth-order valence-electron chi connectivity index (χ4n) is 2.81. The smallest absolute Gasteiger partial charge is 0.156 e. The van der Waals surface area contributed by atoms with E-state index in [1.165, 1.54) is 16.8 Å². The number of halogens is 1. The molecule has 0 unspecified atom stereocenters. The molecule has 2 aliphatic rings. The average molecular weight is 248 g/mol. The van der Waals surface area contributed by atoms with Crippen LogP contribution in [0.1, 0.15) is 25.3 Å². The van der Waals surface area contributed by atoms with E-state index >= 15 is 0 Å². The van der Waals surface area contributed by atoms with Gasteiger partial charge in [-0.15, -0.1) is 0 Å². The summed E-state index contributed by atoms with van der Waals surface area (Å²) in [6, 6.07) is 5.95. The number of benzene rings is 1. The van der Waals surface area contributed by atoms with Gasteiger partial charge in [-0.1, -0.05) is 11.6 Å². The lowest BCUT2D eigenvalue weighted by Crippen LogP contribution is -2.37. The van der Waals surface area contributed by atoms with Crippen molar-refractivity contribution in [2.24, 2.45) is 0 Å². The van der Waals surface area contributed by atoms with Crippen molar-refractivity contribution < 1.29 is 4.79 Å². The van der Waals surface area contributed by atoms with Crippen LogP contribution in [-0.4, -0.2) is 12.3 Å². The Hall–Kier alpha value is -1.28. The van der Waals surface area contributed by atoms with Crippen molar-refractivity contribution in [3.05, 3.63) is 40.1 Å².